The Balaban J connectivity index is 2.16. The van der Waals surface area contributed by atoms with Gasteiger partial charge >= 0.3 is 0 Å². The monoisotopic (exact) mass is 346 g/mol. The van der Waals surface area contributed by atoms with Gasteiger partial charge in [0.15, 0.2) is 0 Å². The van der Waals surface area contributed by atoms with Gasteiger partial charge < -0.3 is 10.3 Å². The van der Waals surface area contributed by atoms with Crippen LogP contribution in [0, 0.1) is 0 Å². The number of para-hydroxylation sites is 1. The van der Waals surface area contributed by atoms with E-state index in [1.54, 1.807) is 30.5 Å². The van der Waals surface area contributed by atoms with E-state index in [2.05, 4.69) is 26.2 Å². The lowest BCUT2D eigenvalue weighted by Crippen LogP contribution is -2.12. The number of carbonyl (C=O) groups excluding carboxylic acids is 1. The summed E-state index contributed by atoms with van der Waals surface area (Å²) in [6.45, 7) is 0. The Morgan fingerprint density at radius 1 is 1.37 bits per heavy atom. The second-order valence-electron chi connectivity index (χ2n) is 3.56. The third kappa shape index (κ3) is 3.81. The highest BCUT2D eigenvalue weighted by molar-refractivity contribution is 9.10. The van der Waals surface area contributed by atoms with Gasteiger partial charge in [-0.1, -0.05) is 23.9 Å². The van der Waals surface area contributed by atoms with Crippen molar-refractivity contribution in [1.82, 2.24) is 4.98 Å². The maximum absolute atomic E-state index is 12.4. The van der Waals surface area contributed by atoms with Crippen LogP contribution in [0.4, 0.5) is 14.5 Å². The molecule has 19 heavy (non-hydrogen) atoms. The SMILES string of the molecule is O=C(Nc1ccccc1SC(F)F)c1cc(Br)c[nH]1. The van der Waals surface area contributed by atoms with Crippen LogP contribution in [-0.4, -0.2) is 16.6 Å². The first kappa shape index (κ1) is 14.1. The van der Waals surface area contributed by atoms with E-state index < -0.39 is 5.76 Å². The molecule has 1 amide bonds. The van der Waals surface area contributed by atoms with Gasteiger partial charge in [0, 0.05) is 15.6 Å². The summed E-state index contributed by atoms with van der Waals surface area (Å²) in [6, 6.07) is 8.05. The normalized spacial score (nSPS) is 10.7. The molecule has 1 aromatic carbocycles. The molecule has 100 valence electrons. The summed E-state index contributed by atoms with van der Waals surface area (Å²) in [7, 11) is 0. The van der Waals surface area contributed by atoms with Crippen LogP contribution in [0.3, 0.4) is 0 Å². The van der Waals surface area contributed by atoms with Crippen LogP contribution >= 0.6 is 27.7 Å². The van der Waals surface area contributed by atoms with E-state index >= 15 is 0 Å². The molecule has 2 rings (SSSR count). The number of aromatic nitrogens is 1. The molecule has 0 aliphatic rings. The standard InChI is InChI=1S/C12H9BrF2N2OS/c13-7-5-9(16-6-7)11(18)17-8-3-1-2-4-10(8)19-12(14)15/h1-6,12,16H,(H,17,18). The maximum Gasteiger partial charge on any atom is 0.288 e. The lowest BCUT2D eigenvalue weighted by molar-refractivity contribution is 0.102. The third-order valence-electron chi connectivity index (χ3n) is 2.24. The summed E-state index contributed by atoms with van der Waals surface area (Å²) < 4.78 is 25.5. The molecule has 2 N–H and O–H groups in total. The number of anilines is 1. The van der Waals surface area contributed by atoms with Gasteiger partial charge in [-0.2, -0.15) is 8.78 Å². The molecule has 2 aromatic rings. The van der Waals surface area contributed by atoms with E-state index in [0.29, 0.717) is 28.0 Å². The Bertz CT molecular complexity index is 589. The number of benzene rings is 1. The first-order valence-electron chi connectivity index (χ1n) is 5.25. The van der Waals surface area contributed by atoms with E-state index in [-0.39, 0.29) is 5.91 Å². The molecular formula is C12H9BrF2N2OS. The molecule has 0 spiro atoms. The van der Waals surface area contributed by atoms with E-state index in [0.717, 1.165) is 4.47 Å². The third-order valence-corrected chi connectivity index (χ3v) is 3.49. The number of amides is 1. The van der Waals surface area contributed by atoms with Gasteiger partial charge in [0.25, 0.3) is 11.7 Å². The van der Waals surface area contributed by atoms with Crippen molar-refractivity contribution in [1.29, 1.82) is 0 Å². The highest BCUT2D eigenvalue weighted by atomic mass is 79.9. The lowest BCUT2D eigenvalue weighted by Gasteiger charge is -2.09. The molecule has 0 saturated heterocycles. The molecule has 3 nitrogen and oxygen atoms in total. The number of carbonyl (C=O) groups is 1. The van der Waals surface area contributed by atoms with Gasteiger partial charge in [0.2, 0.25) is 0 Å². The Morgan fingerprint density at radius 3 is 2.74 bits per heavy atom. The van der Waals surface area contributed by atoms with Crippen molar-refractivity contribution in [3.8, 4) is 0 Å². The minimum Gasteiger partial charge on any atom is -0.356 e. The number of rotatable bonds is 4. The Morgan fingerprint density at radius 2 is 2.11 bits per heavy atom. The fraction of sp³-hybridized carbons (Fsp3) is 0.0833. The summed E-state index contributed by atoms with van der Waals surface area (Å²) in [6.07, 6.45) is 1.62. The van der Waals surface area contributed by atoms with Crippen LogP contribution in [0.2, 0.25) is 0 Å². The van der Waals surface area contributed by atoms with E-state index in [4.69, 9.17) is 0 Å². The lowest BCUT2D eigenvalue weighted by atomic mass is 10.3. The molecule has 0 fully saturated rings. The van der Waals surface area contributed by atoms with Gasteiger partial charge in [0.05, 0.1) is 5.69 Å². The van der Waals surface area contributed by atoms with E-state index in [1.807, 2.05) is 0 Å². The zero-order valence-electron chi connectivity index (χ0n) is 9.49. The van der Waals surface area contributed by atoms with Gasteiger partial charge in [-0.3, -0.25) is 4.79 Å². The second-order valence-corrected chi connectivity index (χ2v) is 5.51. The molecule has 0 atom stereocenters. The average molecular weight is 347 g/mol. The van der Waals surface area contributed by atoms with E-state index in [9.17, 15) is 13.6 Å². The van der Waals surface area contributed by atoms with Crippen LogP contribution in [0.5, 0.6) is 0 Å². The van der Waals surface area contributed by atoms with Gasteiger partial charge in [-0.25, -0.2) is 0 Å². The zero-order valence-corrected chi connectivity index (χ0v) is 11.9. The minimum absolute atomic E-state index is 0.330. The topological polar surface area (TPSA) is 44.9 Å². The van der Waals surface area contributed by atoms with Gasteiger partial charge in [-0.05, 0) is 34.1 Å². The Kier molecular flexibility index (Phi) is 4.60. The molecular weight excluding hydrogens is 338 g/mol. The molecule has 1 heterocycles. The van der Waals surface area contributed by atoms with E-state index in [1.165, 1.54) is 6.07 Å². The molecule has 0 aliphatic carbocycles. The van der Waals surface area contributed by atoms with Crippen molar-refractivity contribution < 1.29 is 13.6 Å². The van der Waals surface area contributed by atoms with Crippen LogP contribution in [0.1, 0.15) is 10.5 Å². The molecule has 1 aromatic heterocycles. The zero-order chi connectivity index (χ0) is 13.8. The predicted molar refractivity (Wildman–Crippen MR) is 74.7 cm³/mol. The number of nitrogens with one attached hydrogen (secondary N) is 2. The van der Waals surface area contributed by atoms with Crippen molar-refractivity contribution in [2.24, 2.45) is 0 Å². The van der Waals surface area contributed by atoms with Crippen molar-refractivity contribution in [3.63, 3.8) is 0 Å². The van der Waals surface area contributed by atoms with Crippen LogP contribution in [0.15, 0.2) is 45.9 Å². The van der Waals surface area contributed by atoms with Crippen molar-refractivity contribution in [2.75, 3.05) is 5.32 Å². The van der Waals surface area contributed by atoms with Crippen LogP contribution < -0.4 is 5.32 Å². The van der Waals surface area contributed by atoms with Crippen LogP contribution in [-0.2, 0) is 0 Å². The van der Waals surface area contributed by atoms with Crippen molar-refractivity contribution in [2.45, 2.75) is 10.7 Å². The summed E-state index contributed by atoms with van der Waals surface area (Å²) in [4.78, 5) is 15.0. The fourth-order valence-electron chi connectivity index (χ4n) is 1.46. The largest absolute Gasteiger partial charge is 0.356 e. The number of hydrogen-bond donors (Lipinski definition) is 2. The highest BCUT2D eigenvalue weighted by Gasteiger charge is 2.13. The second kappa shape index (κ2) is 6.21. The molecule has 0 saturated carbocycles. The summed E-state index contributed by atoms with van der Waals surface area (Å²) >= 11 is 3.62. The number of halogens is 3. The van der Waals surface area contributed by atoms with Crippen molar-refractivity contribution in [3.05, 3.63) is 46.7 Å². The minimum atomic E-state index is -2.53. The van der Waals surface area contributed by atoms with Crippen molar-refractivity contribution >= 4 is 39.3 Å². The summed E-state index contributed by atoms with van der Waals surface area (Å²) in [5, 5.41) is 2.60. The molecule has 7 heteroatoms. The highest BCUT2D eigenvalue weighted by Crippen LogP contribution is 2.31. The Labute approximate surface area is 120 Å². The maximum atomic E-state index is 12.4. The first-order chi connectivity index (χ1) is 9.06. The average Bonchev–Trinajstić information content (AvgIpc) is 2.78. The number of aromatic amines is 1. The van der Waals surface area contributed by atoms with Gasteiger partial charge in [-0.15, -0.1) is 0 Å². The molecule has 0 radical (unpaired) electrons. The molecule has 0 bridgehead atoms. The number of H-pyrrole nitrogens is 1. The number of alkyl halides is 2. The predicted octanol–water partition coefficient (Wildman–Crippen LogP) is 4.34. The number of thioether (sulfide) groups is 1. The number of hydrogen-bond acceptors (Lipinski definition) is 2. The fourth-order valence-corrected chi connectivity index (χ4v) is 2.40. The smallest absolute Gasteiger partial charge is 0.288 e. The molecule has 0 aliphatic heterocycles. The first-order valence-corrected chi connectivity index (χ1v) is 6.92. The summed E-state index contributed by atoms with van der Waals surface area (Å²) in [5.41, 5.74) is 0.715. The quantitative estimate of drug-likeness (QED) is 0.808. The molecule has 0 unspecified atom stereocenters. The van der Waals surface area contributed by atoms with Gasteiger partial charge in [0.1, 0.15) is 5.69 Å². The Hall–Kier alpha value is -1.34. The summed E-state index contributed by atoms with van der Waals surface area (Å²) in [5.74, 6) is -2.91. The van der Waals surface area contributed by atoms with Crippen LogP contribution in [0.25, 0.3) is 0 Å².